The summed E-state index contributed by atoms with van der Waals surface area (Å²) in [5.41, 5.74) is -0.990. The topological polar surface area (TPSA) is 127 Å². The maximum Gasteiger partial charge on any atom is 0.329 e. The normalized spacial score (nSPS) is 18.8. The molecule has 0 spiro atoms. The standard InChI is InChI=1S/C20H23N3O7/c1-11-7-9-21(10-8-11)17(24)13(3)30-20(27)12(2)22-18(25)14-5-4-6-15(23(28)29)16(14)19(22)26/h4-6,11-13H,7-10H2,1-3H3/t12-,13-/m0/s1. The number of piperidine rings is 1. The van der Waals surface area contributed by atoms with Crippen LogP contribution in [-0.2, 0) is 14.3 Å². The molecule has 0 radical (unpaired) electrons. The first-order valence-electron chi connectivity index (χ1n) is 9.78. The first-order valence-corrected chi connectivity index (χ1v) is 9.78. The molecule has 3 rings (SSSR count). The van der Waals surface area contributed by atoms with Gasteiger partial charge < -0.3 is 9.64 Å². The Hall–Kier alpha value is -3.30. The summed E-state index contributed by atoms with van der Waals surface area (Å²) in [5.74, 6) is -2.48. The highest BCUT2D eigenvalue weighted by molar-refractivity contribution is 6.24. The van der Waals surface area contributed by atoms with E-state index in [2.05, 4.69) is 6.92 Å². The van der Waals surface area contributed by atoms with Gasteiger partial charge in [0.25, 0.3) is 23.4 Å². The SMILES string of the molecule is CC1CCN(C(=O)[C@H](C)OC(=O)[C@H](C)N2C(=O)c3cccc([N+](=O)[O-])c3C2=O)CC1. The number of fused-ring (bicyclic) bond motifs is 1. The minimum absolute atomic E-state index is 0.139. The molecular weight excluding hydrogens is 394 g/mol. The van der Waals surface area contributed by atoms with Crippen LogP contribution in [-0.4, -0.2) is 63.6 Å². The lowest BCUT2D eigenvalue weighted by Crippen LogP contribution is -2.48. The Bertz CT molecular complexity index is 921. The highest BCUT2D eigenvalue weighted by atomic mass is 16.6. The van der Waals surface area contributed by atoms with Gasteiger partial charge in [-0.1, -0.05) is 13.0 Å². The van der Waals surface area contributed by atoms with Crippen molar-refractivity contribution in [1.29, 1.82) is 0 Å². The Morgan fingerprint density at radius 2 is 1.80 bits per heavy atom. The molecule has 1 aromatic rings. The van der Waals surface area contributed by atoms with Crippen LogP contribution < -0.4 is 0 Å². The lowest BCUT2D eigenvalue weighted by atomic mass is 9.99. The molecule has 0 unspecified atom stereocenters. The number of esters is 1. The quantitative estimate of drug-likeness (QED) is 0.309. The van der Waals surface area contributed by atoms with Crippen LogP contribution in [0.2, 0.25) is 0 Å². The Labute approximate surface area is 172 Å². The monoisotopic (exact) mass is 417 g/mol. The van der Waals surface area contributed by atoms with Gasteiger partial charge in [-0.2, -0.15) is 0 Å². The van der Waals surface area contributed by atoms with E-state index in [1.54, 1.807) is 4.90 Å². The van der Waals surface area contributed by atoms with Crippen LogP contribution in [0, 0.1) is 16.0 Å². The smallest absolute Gasteiger partial charge is 0.329 e. The van der Waals surface area contributed by atoms with Gasteiger partial charge in [0.05, 0.1) is 10.5 Å². The summed E-state index contributed by atoms with van der Waals surface area (Å²) < 4.78 is 5.23. The number of carbonyl (C=O) groups is 4. The molecule has 30 heavy (non-hydrogen) atoms. The van der Waals surface area contributed by atoms with Crippen LogP contribution in [0.15, 0.2) is 18.2 Å². The van der Waals surface area contributed by atoms with Gasteiger partial charge in [0.15, 0.2) is 6.10 Å². The fourth-order valence-electron chi connectivity index (χ4n) is 3.70. The van der Waals surface area contributed by atoms with Crippen LogP contribution in [0.5, 0.6) is 0 Å². The van der Waals surface area contributed by atoms with Crippen LogP contribution >= 0.6 is 0 Å². The van der Waals surface area contributed by atoms with E-state index in [4.69, 9.17) is 4.74 Å². The summed E-state index contributed by atoms with van der Waals surface area (Å²) >= 11 is 0. The lowest BCUT2D eigenvalue weighted by Gasteiger charge is -2.32. The fourth-order valence-corrected chi connectivity index (χ4v) is 3.70. The van der Waals surface area contributed by atoms with Crippen molar-refractivity contribution < 1.29 is 28.8 Å². The molecule has 2 aliphatic rings. The van der Waals surface area contributed by atoms with E-state index in [0.29, 0.717) is 23.9 Å². The van der Waals surface area contributed by atoms with Crippen LogP contribution in [0.1, 0.15) is 54.3 Å². The summed E-state index contributed by atoms with van der Waals surface area (Å²) in [4.78, 5) is 63.1. The number of hydrogen-bond acceptors (Lipinski definition) is 7. The van der Waals surface area contributed by atoms with Gasteiger partial charge in [-0.3, -0.25) is 29.4 Å². The largest absolute Gasteiger partial charge is 0.451 e. The molecule has 1 saturated heterocycles. The zero-order valence-corrected chi connectivity index (χ0v) is 17.0. The van der Waals surface area contributed by atoms with Crippen LogP contribution in [0.25, 0.3) is 0 Å². The second-order valence-electron chi connectivity index (χ2n) is 7.70. The molecule has 2 atom stereocenters. The van der Waals surface area contributed by atoms with E-state index >= 15 is 0 Å². The predicted molar refractivity (Wildman–Crippen MR) is 104 cm³/mol. The van der Waals surface area contributed by atoms with E-state index in [1.165, 1.54) is 26.0 Å². The summed E-state index contributed by atoms with van der Waals surface area (Å²) in [6.45, 7) is 6.01. The molecule has 1 aromatic carbocycles. The molecule has 0 saturated carbocycles. The number of amides is 3. The minimum atomic E-state index is -1.34. The number of ether oxygens (including phenoxy) is 1. The Kier molecular flexibility index (Phi) is 5.86. The Balaban J connectivity index is 1.71. The second-order valence-corrected chi connectivity index (χ2v) is 7.70. The summed E-state index contributed by atoms with van der Waals surface area (Å²) in [7, 11) is 0. The van der Waals surface area contributed by atoms with Crippen LogP contribution in [0.3, 0.4) is 0 Å². The molecule has 160 valence electrons. The minimum Gasteiger partial charge on any atom is -0.451 e. The summed E-state index contributed by atoms with van der Waals surface area (Å²) in [6, 6.07) is 2.38. The van der Waals surface area contributed by atoms with E-state index < -0.39 is 40.5 Å². The number of hydrogen-bond donors (Lipinski definition) is 0. The molecule has 3 amide bonds. The molecule has 0 N–H and O–H groups in total. The van der Waals surface area contributed by atoms with Crippen molar-refractivity contribution in [1.82, 2.24) is 9.80 Å². The van der Waals surface area contributed by atoms with Crippen molar-refractivity contribution >= 4 is 29.4 Å². The molecule has 2 aliphatic heterocycles. The Morgan fingerprint density at radius 1 is 1.17 bits per heavy atom. The molecule has 2 heterocycles. The van der Waals surface area contributed by atoms with E-state index in [0.717, 1.165) is 18.9 Å². The molecule has 10 nitrogen and oxygen atoms in total. The second kappa shape index (κ2) is 8.21. The number of rotatable bonds is 5. The van der Waals surface area contributed by atoms with Gasteiger partial charge in [-0.05, 0) is 38.7 Å². The third kappa shape index (κ3) is 3.77. The summed E-state index contributed by atoms with van der Waals surface area (Å²) in [5, 5.41) is 11.2. The van der Waals surface area contributed by atoms with Crippen molar-refractivity contribution in [3.05, 3.63) is 39.4 Å². The number of nitro benzene ring substituents is 1. The van der Waals surface area contributed by atoms with Crippen molar-refractivity contribution in [3.8, 4) is 0 Å². The number of benzene rings is 1. The fraction of sp³-hybridized carbons (Fsp3) is 0.500. The third-order valence-electron chi connectivity index (χ3n) is 5.59. The van der Waals surface area contributed by atoms with Crippen molar-refractivity contribution in [2.75, 3.05) is 13.1 Å². The first kappa shape index (κ1) is 21.4. The average Bonchev–Trinajstić information content (AvgIpc) is 2.97. The zero-order chi connectivity index (χ0) is 22.2. The molecular formula is C20H23N3O7. The van der Waals surface area contributed by atoms with Crippen molar-refractivity contribution in [3.63, 3.8) is 0 Å². The maximum atomic E-state index is 12.7. The number of nitro groups is 1. The zero-order valence-electron chi connectivity index (χ0n) is 17.0. The first-order chi connectivity index (χ1) is 14.1. The predicted octanol–water partition coefficient (Wildman–Crippen LogP) is 1.77. The molecule has 0 aromatic heterocycles. The number of likely N-dealkylation sites (tertiary alicyclic amines) is 1. The van der Waals surface area contributed by atoms with Crippen molar-refractivity contribution in [2.45, 2.75) is 45.8 Å². The molecule has 0 aliphatic carbocycles. The van der Waals surface area contributed by atoms with E-state index in [-0.39, 0.29) is 17.0 Å². The number of nitrogens with zero attached hydrogens (tertiary/aromatic N) is 3. The molecule has 1 fully saturated rings. The number of carbonyl (C=O) groups excluding carboxylic acids is 4. The highest BCUT2D eigenvalue weighted by Gasteiger charge is 2.45. The van der Waals surface area contributed by atoms with Crippen LogP contribution in [0.4, 0.5) is 5.69 Å². The van der Waals surface area contributed by atoms with Gasteiger partial charge in [0.1, 0.15) is 11.6 Å². The Morgan fingerprint density at radius 3 is 2.40 bits per heavy atom. The molecule has 10 heteroatoms. The van der Waals surface area contributed by atoms with Gasteiger partial charge >= 0.3 is 5.97 Å². The average molecular weight is 417 g/mol. The maximum absolute atomic E-state index is 12.7. The molecule has 0 bridgehead atoms. The third-order valence-corrected chi connectivity index (χ3v) is 5.59. The van der Waals surface area contributed by atoms with Gasteiger partial charge in [-0.25, -0.2) is 4.79 Å². The van der Waals surface area contributed by atoms with E-state index in [9.17, 15) is 29.3 Å². The lowest BCUT2D eigenvalue weighted by molar-refractivity contribution is -0.385. The van der Waals surface area contributed by atoms with Gasteiger partial charge in [0, 0.05) is 19.2 Å². The van der Waals surface area contributed by atoms with Gasteiger partial charge in [0.2, 0.25) is 0 Å². The highest BCUT2D eigenvalue weighted by Crippen LogP contribution is 2.32. The van der Waals surface area contributed by atoms with E-state index in [1.807, 2.05) is 0 Å². The summed E-state index contributed by atoms with van der Waals surface area (Å²) in [6.07, 6.45) is 0.672. The van der Waals surface area contributed by atoms with Crippen molar-refractivity contribution in [2.24, 2.45) is 5.92 Å². The number of imide groups is 1. The van der Waals surface area contributed by atoms with Gasteiger partial charge in [-0.15, -0.1) is 0 Å².